The van der Waals surface area contributed by atoms with Crippen LogP contribution in [0.3, 0.4) is 0 Å². The van der Waals surface area contributed by atoms with E-state index in [1.165, 1.54) is 20.0 Å². The molecule has 0 radical (unpaired) electrons. The van der Waals surface area contributed by atoms with E-state index < -0.39 is 21.0 Å². The Morgan fingerprint density at radius 1 is 1.65 bits per heavy atom. The first-order valence-electron chi connectivity index (χ1n) is 4.67. The third kappa shape index (κ3) is 2.37. The highest BCUT2D eigenvalue weighted by atomic mass is 32.2. The fraction of sp³-hybridized carbons (Fsp3) is 0.333. The number of nitrogens with zero attached hydrogens (tertiary/aromatic N) is 2. The molecule has 1 aromatic rings. The van der Waals surface area contributed by atoms with Crippen LogP contribution in [0.4, 0.5) is 0 Å². The van der Waals surface area contributed by atoms with Gasteiger partial charge in [0, 0.05) is 19.3 Å². The molecule has 0 aliphatic rings. The highest BCUT2D eigenvalue weighted by Gasteiger charge is 2.30. The molecule has 0 spiro atoms. The Morgan fingerprint density at radius 2 is 2.24 bits per heavy atom. The van der Waals surface area contributed by atoms with Crippen molar-refractivity contribution >= 4 is 16.0 Å². The molecule has 0 bridgehead atoms. The second-order valence-corrected chi connectivity index (χ2v) is 5.37. The molecule has 0 saturated carbocycles. The molecule has 0 unspecified atom stereocenters. The summed E-state index contributed by atoms with van der Waals surface area (Å²) in [5.41, 5.74) is -0.135. The lowest BCUT2D eigenvalue weighted by molar-refractivity contribution is 0.0691. The van der Waals surface area contributed by atoms with Gasteiger partial charge in [0.2, 0.25) is 5.03 Å². The minimum atomic E-state index is -3.92. The highest BCUT2D eigenvalue weighted by Crippen LogP contribution is 2.19. The smallest absolute Gasteiger partial charge is 0.340 e. The fourth-order valence-electron chi connectivity index (χ4n) is 1.27. The van der Waals surface area contributed by atoms with Crippen LogP contribution in [0, 0.1) is 6.92 Å². The Balaban J connectivity index is 3.34. The molecule has 0 aromatic carbocycles. The second kappa shape index (κ2) is 4.68. The summed E-state index contributed by atoms with van der Waals surface area (Å²) in [7, 11) is -2.59. The maximum absolute atomic E-state index is 12.0. The van der Waals surface area contributed by atoms with E-state index in [1.807, 2.05) is 0 Å². The SMILES string of the molecule is C=CCN(C)S(=O)(=O)c1n[nH]c(C)c1C(=O)O. The van der Waals surface area contributed by atoms with Gasteiger partial charge in [0.25, 0.3) is 10.0 Å². The van der Waals surface area contributed by atoms with Crippen LogP contribution in [0.25, 0.3) is 0 Å². The molecular weight excluding hydrogens is 246 g/mol. The van der Waals surface area contributed by atoms with Crippen LogP contribution < -0.4 is 0 Å². The number of aromatic nitrogens is 2. The summed E-state index contributed by atoms with van der Waals surface area (Å²) < 4.78 is 25.0. The summed E-state index contributed by atoms with van der Waals surface area (Å²) in [6.45, 7) is 4.94. The number of aromatic amines is 1. The van der Waals surface area contributed by atoms with Gasteiger partial charge in [-0.3, -0.25) is 5.10 Å². The molecule has 1 aromatic heterocycles. The lowest BCUT2D eigenvalue weighted by Crippen LogP contribution is -2.28. The van der Waals surface area contributed by atoms with Crippen molar-refractivity contribution in [3.05, 3.63) is 23.9 Å². The van der Waals surface area contributed by atoms with E-state index in [0.29, 0.717) is 0 Å². The largest absolute Gasteiger partial charge is 0.478 e. The van der Waals surface area contributed by atoms with Gasteiger partial charge in [0.1, 0.15) is 5.56 Å². The van der Waals surface area contributed by atoms with Gasteiger partial charge < -0.3 is 5.11 Å². The predicted octanol–water partition coefficient (Wildman–Crippen LogP) is 0.223. The number of carboxylic acids is 1. The summed E-state index contributed by atoms with van der Waals surface area (Å²) in [6, 6.07) is 0. The molecule has 94 valence electrons. The Labute approximate surface area is 98.8 Å². The number of hydrogen-bond acceptors (Lipinski definition) is 4. The standard InChI is InChI=1S/C9H13N3O4S/c1-4-5-12(3)17(15,16)8-7(9(13)14)6(2)10-11-8/h4H,1,5H2,2-3H3,(H,10,11)(H,13,14). The Hall–Kier alpha value is -1.67. The maximum Gasteiger partial charge on any atom is 0.340 e. The zero-order valence-electron chi connectivity index (χ0n) is 9.47. The molecule has 0 saturated heterocycles. The second-order valence-electron chi connectivity index (χ2n) is 3.41. The molecule has 17 heavy (non-hydrogen) atoms. The van der Waals surface area contributed by atoms with Crippen molar-refractivity contribution in [3.8, 4) is 0 Å². The van der Waals surface area contributed by atoms with E-state index in [-0.39, 0.29) is 17.8 Å². The van der Waals surface area contributed by atoms with Gasteiger partial charge in [0.15, 0.2) is 0 Å². The van der Waals surface area contributed by atoms with Gasteiger partial charge in [0.05, 0.1) is 0 Å². The zero-order valence-corrected chi connectivity index (χ0v) is 10.3. The first-order chi connectivity index (χ1) is 7.82. The molecule has 0 fully saturated rings. The number of aryl methyl sites for hydroxylation is 1. The van der Waals surface area contributed by atoms with Gasteiger partial charge in [-0.1, -0.05) is 6.08 Å². The van der Waals surface area contributed by atoms with Crippen molar-refractivity contribution in [2.24, 2.45) is 0 Å². The number of carboxylic acid groups (broad SMARTS) is 1. The average Bonchev–Trinajstić information content (AvgIpc) is 2.61. The van der Waals surface area contributed by atoms with Crippen molar-refractivity contribution < 1.29 is 18.3 Å². The van der Waals surface area contributed by atoms with Gasteiger partial charge in [-0.15, -0.1) is 6.58 Å². The number of sulfonamides is 1. The summed E-state index contributed by atoms with van der Waals surface area (Å²) in [5.74, 6) is -1.33. The Morgan fingerprint density at radius 3 is 2.71 bits per heavy atom. The number of H-pyrrole nitrogens is 1. The van der Waals surface area contributed by atoms with Crippen LogP contribution >= 0.6 is 0 Å². The minimum absolute atomic E-state index is 0.0767. The molecular formula is C9H13N3O4S. The molecule has 0 aliphatic carbocycles. The number of rotatable bonds is 5. The summed E-state index contributed by atoms with van der Waals surface area (Å²) in [6.07, 6.45) is 1.40. The van der Waals surface area contributed by atoms with Gasteiger partial charge in [-0.25, -0.2) is 13.2 Å². The highest BCUT2D eigenvalue weighted by molar-refractivity contribution is 7.89. The number of hydrogen-bond donors (Lipinski definition) is 2. The zero-order chi connectivity index (χ0) is 13.2. The maximum atomic E-state index is 12.0. The lowest BCUT2D eigenvalue weighted by Gasteiger charge is -2.13. The van der Waals surface area contributed by atoms with E-state index in [0.717, 1.165) is 4.31 Å². The fourth-order valence-corrected chi connectivity index (χ4v) is 2.53. The van der Waals surface area contributed by atoms with Gasteiger partial charge in [-0.2, -0.15) is 9.40 Å². The van der Waals surface area contributed by atoms with E-state index in [4.69, 9.17) is 5.11 Å². The number of nitrogens with one attached hydrogen (secondary N) is 1. The third-order valence-corrected chi connectivity index (χ3v) is 3.92. The first kappa shape index (κ1) is 13.4. The van der Waals surface area contributed by atoms with Crippen molar-refractivity contribution in [1.29, 1.82) is 0 Å². The molecule has 8 heteroatoms. The summed E-state index contributed by atoms with van der Waals surface area (Å²) >= 11 is 0. The number of likely N-dealkylation sites (N-methyl/N-ethyl adjacent to an activating group) is 1. The summed E-state index contributed by atoms with van der Waals surface area (Å²) in [5, 5.41) is 14.4. The topological polar surface area (TPSA) is 103 Å². The molecule has 1 rings (SSSR count). The van der Waals surface area contributed by atoms with Gasteiger partial charge >= 0.3 is 5.97 Å². The quantitative estimate of drug-likeness (QED) is 0.736. The van der Waals surface area contributed by atoms with Crippen LogP contribution in [0.15, 0.2) is 17.7 Å². The Bertz CT molecular complexity index is 547. The van der Waals surface area contributed by atoms with Crippen LogP contribution in [-0.4, -0.2) is 47.6 Å². The number of carbonyl (C=O) groups is 1. The van der Waals surface area contributed by atoms with Crippen LogP contribution in [0.2, 0.25) is 0 Å². The molecule has 2 N–H and O–H groups in total. The van der Waals surface area contributed by atoms with Crippen molar-refractivity contribution in [2.45, 2.75) is 11.9 Å². The predicted molar refractivity (Wildman–Crippen MR) is 60.3 cm³/mol. The number of aromatic carboxylic acids is 1. The lowest BCUT2D eigenvalue weighted by atomic mass is 10.3. The average molecular weight is 259 g/mol. The summed E-state index contributed by atoms with van der Waals surface area (Å²) in [4.78, 5) is 11.0. The van der Waals surface area contributed by atoms with E-state index in [1.54, 1.807) is 0 Å². The molecule has 0 aliphatic heterocycles. The van der Waals surface area contributed by atoms with Crippen LogP contribution in [0.5, 0.6) is 0 Å². The van der Waals surface area contributed by atoms with Crippen molar-refractivity contribution in [3.63, 3.8) is 0 Å². The van der Waals surface area contributed by atoms with Crippen molar-refractivity contribution in [1.82, 2.24) is 14.5 Å². The Kier molecular flexibility index (Phi) is 3.69. The first-order valence-corrected chi connectivity index (χ1v) is 6.11. The monoisotopic (exact) mass is 259 g/mol. The van der Waals surface area contributed by atoms with E-state index in [9.17, 15) is 13.2 Å². The van der Waals surface area contributed by atoms with Crippen LogP contribution in [-0.2, 0) is 10.0 Å². The van der Waals surface area contributed by atoms with E-state index >= 15 is 0 Å². The molecule has 0 amide bonds. The van der Waals surface area contributed by atoms with Crippen molar-refractivity contribution in [2.75, 3.05) is 13.6 Å². The minimum Gasteiger partial charge on any atom is -0.478 e. The molecule has 0 atom stereocenters. The van der Waals surface area contributed by atoms with E-state index in [2.05, 4.69) is 16.8 Å². The van der Waals surface area contributed by atoms with Crippen LogP contribution in [0.1, 0.15) is 16.1 Å². The normalized spacial score (nSPS) is 11.7. The molecule has 7 nitrogen and oxygen atoms in total. The van der Waals surface area contributed by atoms with Gasteiger partial charge in [-0.05, 0) is 6.92 Å². The third-order valence-electron chi connectivity index (χ3n) is 2.17. The molecule has 1 heterocycles.